The molecule has 130 valence electrons. The van der Waals surface area contributed by atoms with E-state index >= 15 is 0 Å². The van der Waals surface area contributed by atoms with E-state index in [0.717, 1.165) is 0 Å². The van der Waals surface area contributed by atoms with E-state index in [1.807, 2.05) is 24.3 Å². The molecule has 0 unspecified atom stereocenters. The second kappa shape index (κ2) is 7.44. The lowest BCUT2D eigenvalue weighted by Gasteiger charge is -2.26. The first-order valence-electron chi connectivity index (χ1n) is 7.77. The van der Waals surface area contributed by atoms with Crippen molar-refractivity contribution in [3.8, 4) is 11.5 Å². The minimum absolute atomic E-state index is 0.222. The van der Waals surface area contributed by atoms with Gasteiger partial charge in [0.15, 0.2) is 11.5 Å². The van der Waals surface area contributed by atoms with Crippen molar-refractivity contribution in [2.75, 3.05) is 18.5 Å². The van der Waals surface area contributed by atoms with Gasteiger partial charge in [-0.1, -0.05) is 23.7 Å². The number of ether oxygens (including phenoxy) is 2. The molecular weight excluding hydrogens is 344 g/mol. The SMILES string of the molecule is CC(=O)Nc1ccc(Cl)c(C(=O)NC[C@@H]2COc3ccccc3O2)c1. The lowest BCUT2D eigenvalue weighted by Crippen LogP contribution is -2.40. The summed E-state index contributed by atoms with van der Waals surface area (Å²) in [5, 5.41) is 5.70. The zero-order chi connectivity index (χ0) is 17.8. The first kappa shape index (κ1) is 17.1. The van der Waals surface area contributed by atoms with Gasteiger partial charge in [-0.2, -0.15) is 0 Å². The molecule has 0 saturated carbocycles. The summed E-state index contributed by atoms with van der Waals surface area (Å²) in [6.45, 7) is 2.01. The van der Waals surface area contributed by atoms with Crippen molar-refractivity contribution in [1.29, 1.82) is 0 Å². The fraction of sp³-hybridized carbons (Fsp3) is 0.222. The fourth-order valence-corrected chi connectivity index (χ4v) is 2.65. The van der Waals surface area contributed by atoms with Crippen LogP contribution in [0.1, 0.15) is 17.3 Å². The summed E-state index contributed by atoms with van der Waals surface area (Å²) >= 11 is 6.09. The fourth-order valence-electron chi connectivity index (χ4n) is 2.45. The van der Waals surface area contributed by atoms with Crippen molar-refractivity contribution in [1.82, 2.24) is 5.32 Å². The molecule has 0 aromatic heterocycles. The number of para-hydroxylation sites is 2. The summed E-state index contributed by atoms with van der Waals surface area (Å²) in [5.41, 5.74) is 0.790. The third-order valence-electron chi connectivity index (χ3n) is 3.59. The number of rotatable bonds is 4. The Kier molecular flexibility index (Phi) is 5.09. The number of nitrogens with one attached hydrogen (secondary N) is 2. The third kappa shape index (κ3) is 4.22. The van der Waals surface area contributed by atoms with Gasteiger partial charge < -0.3 is 20.1 Å². The molecule has 2 amide bonds. The van der Waals surface area contributed by atoms with Crippen LogP contribution in [0.3, 0.4) is 0 Å². The normalized spacial score (nSPS) is 15.4. The number of hydrogen-bond donors (Lipinski definition) is 2. The Hall–Kier alpha value is -2.73. The zero-order valence-electron chi connectivity index (χ0n) is 13.5. The smallest absolute Gasteiger partial charge is 0.253 e. The standard InChI is InChI=1S/C18H17ClN2O4/c1-11(22)21-12-6-7-15(19)14(8-12)18(23)20-9-13-10-24-16-4-2-3-5-17(16)25-13/h2-8,13H,9-10H2,1H3,(H,20,23)(H,21,22)/t13-/m1/s1. The van der Waals surface area contributed by atoms with Crippen molar-refractivity contribution in [2.45, 2.75) is 13.0 Å². The Bertz CT molecular complexity index is 809. The third-order valence-corrected chi connectivity index (χ3v) is 3.92. The summed E-state index contributed by atoms with van der Waals surface area (Å²) in [6, 6.07) is 12.1. The van der Waals surface area contributed by atoms with Crippen molar-refractivity contribution < 1.29 is 19.1 Å². The van der Waals surface area contributed by atoms with Gasteiger partial charge in [0.05, 0.1) is 17.1 Å². The van der Waals surface area contributed by atoms with Gasteiger partial charge in [-0.05, 0) is 30.3 Å². The van der Waals surface area contributed by atoms with E-state index in [1.165, 1.54) is 13.0 Å². The Morgan fingerprint density at radius 2 is 1.96 bits per heavy atom. The molecule has 0 saturated heterocycles. The van der Waals surface area contributed by atoms with Crippen LogP contribution >= 0.6 is 11.6 Å². The topological polar surface area (TPSA) is 76.7 Å². The summed E-state index contributed by atoms with van der Waals surface area (Å²) in [4.78, 5) is 23.5. The molecule has 0 spiro atoms. The average Bonchev–Trinajstić information content (AvgIpc) is 2.60. The molecule has 25 heavy (non-hydrogen) atoms. The quantitative estimate of drug-likeness (QED) is 0.879. The minimum Gasteiger partial charge on any atom is -0.486 e. The predicted octanol–water partition coefficient (Wildman–Crippen LogP) is 2.87. The number of amides is 2. The number of carbonyl (C=O) groups excluding carboxylic acids is 2. The van der Waals surface area contributed by atoms with Crippen LogP contribution < -0.4 is 20.1 Å². The summed E-state index contributed by atoms with van der Waals surface area (Å²) in [5.74, 6) is 0.773. The summed E-state index contributed by atoms with van der Waals surface area (Å²) < 4.78 is 11.4. The average molecular weight is 361 g/mol. The van der Waals surface area contributed by atoms with Crippen molar-refractivity contribution in [3.05, 3.63) is 53.1 Å². The van der Waals surface area contributed by atoms with Crippen molar-refractivity contribution >= 4 is 29.1 Å². The summed E-state index contributed by atoms with van der Waals surface area (Å²) in [7, 11) is 0. The second-order valence-corrected chi connectivity index (χ2v) is 5.99. The number of hydrogen-bond acceptors (Lipinski definition) is 4. The lowest BCUT2D eigenvalue weighted by molar-refractivity contribution is -0.114. The van der Waals surface area contributed by atoms with E-state index in [0.29, 0.717) is 28.8 Å². The van der Waals surface area contributed by atoms with Gasteiger partial charge >= 0.3 is 0 Å². The molecule has 0 bridgehead atoms. The zero-order valence-corrected chi connectivity index (χ0v) is 14.3. The first-order valence-corrected chi connectivity index (χ1v) is 8.14. The molecule has 1 aliphatic heterocycles. The minimum atomic E-state index is -0.348. The monoisotopic (exact) mass is 360 g/mol. The molecule has 3 rings (SSSR count). The van der Waals surface area contributed by atoms with Gasteiger partial charge in [0.1, 0.15) is 12.7 Å². The highest BCUT2D eigenvalue weighted by molar-refractivity contribution is 6.34. The molecule has 2 aromatic carbocycles. The maximum Gasteiger partial charge on any atom is 0.253 e. The highest BCUT2D eigenvalue weighted by atomic mass is 35.5. The molecule has 7 heteroatoms. The molecule has 1 heterocycles. The maximum absolute atomic E-state index is 12.4. The lowest BCUT2D eigenvalue weighted by atomic mass is 10.1. The van der Waals surface area contributed by atoms with Crippen LogP contribution in [0, 0.1) is 0 Å². The molecule has 0 aliphatic carbocycles. The van der Waals surface area contributed by atoms with Crippen LogP contribution in [0.5, 0.6) is 11.5 Å². The molecular formula is C18H17ClN2O4. The Labute approximate surface area is 150 Å². The van der Waals surface area contributed by atoms with Gasteiger partial charge in [0, 0.05) is 12.6 Å². The largest absolute Gasteiger partial charge is 0.486 e. The molecule has 6 nitrogen and oxygen atoms in total. The predicted molar refractivity (Wildman–Crippen MR) is 94.4 cm³/mol. The summed E-state index contributed by atoms with van der Waals surface area (Å²) in [6.07, 6.45) is -0.295. The first-order chi connectivity index (χ1) is 12.0. The Balaban J connectivity index is 1.62. The van der Waals surface area contributed by atoms with Gasteiger partial charge in [-0.3, -0.25) is 9.59 Å². The number of carbonyl (C=O) groups is 2. The Morgan fingerprint density at radius 3 is 2.72 bits per heavy atom. The number of halogens is 1. The highest BCUT2D eigenvalue weighted by Gasteiger charge is 2.22. The Morgan fingerprint density at radius 1 is 1.20 bits per heavy atom. The molecule has 2 aromatic rings. The van der Waals surface area contributed by atoms with Gasteiger partial charge in [-0.25, -0.2) is 0 Å². The number of anilines is 1. The van der Waals surface area contributed by atoms with Crippen molar-refractivity contribution in [2.24, 2.45) is 0 Å². The van der Waals surface area contributed by atoms with E-state index < -0.39 is 0 Å². The van der Waals surface area contributed by atoms with Crippen LogP contribution in [0.15, 0.2) is 42.5 Å². The van der Waals surface area contributed by atoms with Gasteiger partial charge in [-0.15, -0.1) is 0 Å². The maximum atomic E-state index is 12.4. The van der Waals surface area contributed by atoms with E-state index in [-0.39, 0.29) is 30.0 Å². The number of fused-ring (bicyclic) bond motifs is 1. The highest BCUT2D eigenvalue weighted by Crippen LogP contribution is 2.30. The molecule has 0 fully saturated rings. The van der Waals surface area contributed by atoms with Gasteiger partial charge in [0.2, 0.25) is 5.91 Å². The van der Waals surface area contributed by atoms with Gasteiger partial charge in [0.25, 0.3) is 5.91 Å². The van der Waals surface area contributed by atoms with Crippen LogP contribution in [0.25, 0.3) is 0 Å². The van der Waals surface area contributed by atoms with E-state index in [9.17, 15) is 9.59 Å². The second-order valence-electron chi connectivity index (χ2n) is 5.58. The van der Waals surface area contributed by atoms with E-state index in [4.69, 9.17) is 21.1 Å². The van der Waals surface area contributed by atoms with E-state index in [2.05, 4.69) is 10.6 Å². The van der Waals surface area contributed by atoms with E-state index in [1.54, 1.807) is 12.1 Å². The van der Waals surface area contributed by atoms with Crippen LogP contribution in [0.4, 0.5) is 5.69 Å². The van der Waals surface area contributed by atoms with Crippen LogP contribution in [0.2, 0.25) is 5.02 Å². The molecule has 2 N–H and O–H groups in total. The number of benzene rings is 2. The molecule has 0 radical (unpaired) electrons. The van der Waals surface area contributed by atoms with Crippen LogP contribution in [-0.2, 0) is 4.79 Å². The molecule has 1 aliphatic rings. The van der Waals surface area contributed by atoms with Crippen LogP contribution in [-0.4, -0.2) is 31.1 Å². The van der Waals surface area contributed by atoms with Crippen molar-refractivity contribution in [3.63, 3.8) is 0 Å². The molecule has 1 atom stereocenters.